The normalized spacial score (nSPS) is 14.8. The SMILES string of the molecule is C#CCOc1ccccc1/C=c1\sc2n(c1=O)C(c1ccc(F)cc1)C(C(=O)OCC)=C(c1ccccc1)N=2. The standard InChI is InChI=1S/C31H23FN2O4S/c1-3-18-38-24-13-9-8-12-22(24)19-25-29(35)34-28(21-14-16-23(32)17-15-21)26(30(36)37-4-2)27(33-31(34)39-25)20-10-6-5-7-11-20/h1,5-17,19,28H,4,18H2,2H3/b25-19-. The topological polar surface area (TPSA) is 69.9 Å². The third kappa shape index (κ3) is 5.17. The van der Waals surface area contributed by atoms with Crippen molar-refractivity contribution < 1.29 is 18.7 Å². The van der Waals surface area contributed by atoms with E-state index in [9.17, 15) is 14.0 Å². The highest BCUT2D eigenvalue weighted by Gasteiger charge is 2.35. The molecule has 1 unspecified atom stereocenters. The van der Waals surface area contributed by atoms with Crippen molar-refractivity contribution in [1.29, 1.82) is 0 Å². The predicted octanol–water partition coefficient (Wildman–Crippen LogP) is 4.09. The van der Waals surface area contributed by atoms with Crippen molar-refractivity contribution in [2.45, 2.75) is 13.0 Å². The molecule has 0 N–H and O–H groups in total. The number of benzene rings is 3. The Balaban J connectivity index is 1.80. The van der Waals surface area contributed by atoms with Gasteiger partial charge >= 0.3 is 5.97 Å². The Labute approximate surface area is 228 Å². The lowest BCUT2D eigenvalue weighted by Crippen LogP contribution is -2.40. The van der Waals surface area contributed by atoms with Crippen LogP contribution >= 0.6 is 11.3 Å². The van der Waals surface area contributed by atoms with Crippen LogP contribution in [-0.2, 0) is 9.53 Å². The molecular weight excluding hydrogens is 515 g/mol. The van der Waals surface area contributed by atoms with Gasteiger partial charge in [-0.3, -0.25) is 9.36 Å². The highest BCUT2D eigenvalue weighted by atomic mass is 32.1. The van der Waals surface area contributed by atoms with E-state index in [0.29, 0.717) is 37.5 Å². The van der Waals surface area contributed by atoms with E-state index < -0.39 is 17.8 Å². The first kappa shape index (κ1) is 25.9. The molecule has 6 nitrogen and oxygen atoms in total. The number of hydrogen-bond acceptors (Lipinski definition) is 6. The number of aromatic nitrogens is 1. The van der Waals surface area contributed by atoms with Gasteiger partial charge in [0.25, 0.3) is 5.56 Å². The van der Waals surface area contributed by atoms with E-state index in [-0.39, 0.29) is 24.3 Å². The smallest absolute Gasteiger partial charge is 0.338 e. The van der Waals surface area contributed by atoms with E-state index in [0.717, 1.165) is 0 Å². The number of para-hydroxylation sites is 1. The second-order valence-corrected chi connectivity index (χ2v) is 9.52. The summed E-state index contributed by atoms with van der Waals surface area (Å²) in [6, 6.07) is 21.3. The zero-order valence-corrected chi connectivity index (χ0v) is 21.8. The maximum absolute atomic E-state index is 13.9. The molecule has 0 aliphatic carbocycles. The summed E-state index contributed by atoms with van der Waals surface area (Å²) in [5.41, 5.74) is 2.16. The Morgan fingerprint density at radius 2 is 1.82 bits per heavy atom. The molecule has 194 valence electrons. The maximum atomic E-state index is 13.9. The summed E-state index contributed by atoms with van der Waals surface area (Å²) in [5.74, 6) is 1.95. The highest BCUT2D eigenvalue weighted by molar-refractivity contribution is 7.07. The summed E-state index contributed by atoms with van der Waals surface area (Å²) in [5, 5.41) is 0. The van der Waals surface area contributed by atoms with Gasteiger partial charge in [-0.05, 0) is 36.8 Å². The number of nitrogens with zero attached hydrogens (tertiary/aromatic N) is 2. The third-order valence-corrected chi connectivity index (χ3v) is 7.06. The fourth-order valence-corrected chi connectivity index (χ4v) is 5.38. The minimum atomic E-state index is -0.883. The Kier molecular flexibility index (Phi) is 7.53. The molecule has 1 aliphatic heterocycles. The van der Waals surface area contributed by atoms with E-state index in [1.807, 2.05) is 48.5 Å². The summed E-state index contributed by atoms with van der Waals surface area (Å²) in [7, 11) is 0. The van der Waals surface area contributed by atoms with Crippen LogP contribution in [0.1, 0.15) is 29.7 Å². The van der Waals surface area contributed by atoms with Crippen molar-refractivity contribution in [3.8, 4) is 18.1 Å². The number of halogens is 1. The fraction of sp³-hybridized carbons (Fsp3) is 0.129. The van der Waals surface area contributed by atoms with Crippen LogP contribution in [0.5, 0.6) is 5.75 Å². The van der Waals surface area contributed by atoms with Crippen molar-refractivity contribution in [2.75, 3.05) is 13.2 Å². The van der Waals surface area contributed by atoms with E-state index in [1.54, 1.807) is 31.2 Å². The highest BCUT2D eigenvalue weighted by Crippen LogP contribution is 2.35. The van der Waals surface area contributed by atoms with Crippen LogP contribution in [0.25, 0.3) is 11.8 Å². The lowest BCUT2D eigenvalue weighted by molar-refractivity contribution is -0.138. The van der Waals surface area contributed by atoms with Gasteiger partial charge in [0.15, 0.2) is 4.80 Å². The molecule has 0 radical (unpaired) electrons. The van der Waals surface area contributed by atoms with Gasteiger partial charge in [-0.2, -0.15) is 0 Å². The Hall–Kier alpha value is -4.74. The molecule has 1 aliphatic rings. The zero-order chi connectivity index (χ0) is 27.4. The molecule has 1 aromatic heterocycles. The molecule has 0 bridgehead atoms. The number of fused-ring (bicyclic) bond motifs is 1. The van der Waals surface area contributed by atoms with Crippen LogP contribution in [0, 0.1) is 18.2 Å². The summed E-state index contributed by atoms with van der Waals surface area (Å²) in [4.78, 5) is 32.5. The van der Waals surface area contributed by atoms with E-state index in [2.05, 4.69) is 5.92 Å². The second-order valence-electron chi connectivity index (χ2n) is 8.51. The Bertz CT molecular complexity index is 1780. The van der Waals surface area contributed by atoms with Crippen molar-refractivity contribution in [3.05, 3.63) is 127 Å². The number of terminal acetylenes is 1. The van der Waals surface area contributed by atoms with Crippen LogP contribution in [0.3, 0.4) is 0 Å². The van der Waals surface area contributed by atoms with Crippen LogP contribution in [0.15, 0.2) is 94.2 Å². The van der Waals surface area contributed by atoms with Crippen LogP contribution in [0.4, 0.5) is 4.39 Å². The summed E-state index contributed by atoms with van der Waals surface area (Å²) >= 11 is 1.19. The second kappa shape index (κ2) is 11.3. The predicted molar refractivity (Wildman–Crippen MR) is 148 cm³/mol. The molecule has 3 aromatic carbocycles. The molecule has 2 heterocycles. The lowest BCUT2D eigenvalue weighted by Gasteiger charge is -2.25. The van der Waals surface area contributed by atoms with Gasteiger partial charge in [-0.1, -0.05) is 77.9 Å². The molecule has 4 aromatic rings. The summed E-state index contributed by atoms with van der Waals surface area (Å²) in [6.07, 6.45) is 7.07. The Morgan fingerprint density at radius 3 is 2.54 bits per heavy atom. The number of carbonyl (C=O) groups is 1. The number of rotatable bonds is 7. The third-order valence-electron chi connectivity index (χ3n) is 6.08. The van der Waals surface area contributed by atoms with Crippen molar-refractivity contribution in [2.24, 2.45) is 4.99 Å². The van der Waals surface area contributed by atoms with Gasteiger partial charge in [-0.15, -0.1) is 6.42 Å². The van der Waals surface area contributed by atoms with Crippen LogP contribution < -0.4 is 19.6 Å². The van der Waals surface area contributed by atoms with Gasteiger partial charge in [0.2, 0.25) is 0 Å². The van der Waals surface area contributed by atoms with E-state index in [1.165, 1.54) is 28.0 Å². The molecular formula is C31H23FN2O4S. The fourth-order valence-electron chi connectivity index (χ4n) is 4.39. The molecule has 0 spiro atoms. The van der Waals surface area contributed by atoms with Crippen molar-refractivity contribution >= 4 is 29.1 Å². The molecule has 0 amide bonds. The van der Waals surface area contributed by atoms with Crippen LogP contribution in [0.2, 0.25) is 0 Å². The molecule has 8 heteroatoms. The molecule has 0 fully saturated rings. The van der Waals surface area contributed by atoms with Crippen molar-refractivity contribution in [3.63, 3.8) is 0 Å². The minimum Gasteiger partial charge on any atom is -0.480 e. The number of ether oxygens (including phenoxy) is 2. The molecule has 39 heavy (non-hydrogen) atoms. The first-order valence-corrected chi connectivity index (χ1v) is 13.0. The largest absolute Gasteiger partial charge is 0.480 e. The summed E-state index contributed by atoms with van der Waals surface area (Å²) in [6.45, 7) is 1.93. The van der Waals surface area contributed by atoms with Gasteiger partial charge in [-0.25, -0.2) is 14.2 Å². The van der Waals surface area contributed by atoms with Gasteiger partial charge in [0.1, 0.15) is 18.2 Å². The zero-order valence-electron chi connectivity index (χ0n) is 21.0. The van der Waals surface area contributed by atoms with Crippen molar-refractivity contribution in [1.82, 2.24) is 4.57 Å². The summed E-state index contributed by atoms with van der Waals surface area (Å²) < 4.78 is 26.8. The number of thiazole rings is 1. The average molecular weight is 539 g/mol. The monoisotopic (exact) mass is 538 g/mol. The van der Waals surface area contributed by atoms with Crippen LogP contribution in [-0.4, -0.2) is 23.8 Å². The molecule has 0 saturated heterocycles. The van der Waals surface area contributed by atoms with E-state index >= 15 is 0 Å². The first-order valence-electron chi connectivity index (χ1n) is 12.2. The number of esters is 1. The van der Waals surface area contributed by atoms with Gasteiger partial charge < -0.3 is 9.47 Å². The first-order chi connectivity index (χ1) is 19.0. The average Bonchev–Trinajstić information content (AvgIpc) is 3.27. The van der Waals surface area contributed by atoms with E-state index in [4.69, 9.17) is 20.9 Å². The minimum absolute atomic E-state index is 0.0833. The quantitative estimate of drug-likeness (QED) is 0.263. The maximum Gasteiger partial charge on any atom is 0.338 e. The molecule has 1 atom stereocenters. The lowest BCUT2D eigenvalue weighted by atomic mass is 9.93. The number of carbonyl (C=O) groups excluding carboxylic acids is 1. The molecule has 5 rings (SSSR count). The van der Waals surface area contributed by atoms with Gasteiger partial charge in [0, 0.05) is 11.1 Å². The molecule has 0 saturated carbocycles. The van der Waals surface area contributed by atoms with Gasteiger partial charge in [0.05, 0.1) is 28.5 Å². The number of hydrogen-bond donors (Lipinski definition) is 0. The Morgan fingerprint density at radius 1 is 1.10 bits per heavy atom.